The van der Waals surface area contributed by atoms with Crippen LogP contribution < -0.4 is 14.8 Å². The first-order valence-electron chi connectivity index (χ1n) is 10.9. The Morgan fingerprint density at radius 3 is 2.56 bits per heavy atom. The molecule has 0 bridgehead atoms. The molecule has 0 radical (unpaired) electrons. The van der Waals surface area contributed by atoms with Gasteiger partial charge in [0.2, 0.25) is 0 Å². The van der Waals surface area contributed by atoms with E-state index in [1.54, 1.807) is 30.2 Å². The highest BCUT2D eigenvalue weighted by Gasteiger charge is 2.30. The number of halogens is 2. The van der Waals surface area contributed by atoms with Gasteiger partial charge in [0.1, 0.15) is 23.1 Å². The van der Waals surface area contributed by atoms with E-state index >= 15 is 0 Å². The average Bonchev–Trinajstić information content (AvgIpc) is 2.95. The molecule has 0 aromatic heterocycles. The molecule has 1 unspecified atom stereocenters. The van der Waals surface area contributed by atoms with Crippen molar-refractivity contribution in [2.45, 2.75) is 32.5 Å². The zero-order valence-electron chi connectivity index (χ0n) is 18.8. The topological polar surface area (TPSA) is 67.9 Å². The van der Waals surface area contributed by atoms with Crippen molar-refractivity contribution in [1.82, 2.24) is 4.90 Å². The number of fused-ring (bicyclic) bond motifs is 1. The van der Waals surface area contributed by atoms with Crippen LogP contribution in [0.25, 0.3) is 0 Å². The number of benzene rings is 3. The molecule has 8 heteroatoms. The minimum atomic E-state index is -0.947. The predicted octanol–water partition coefficient (Wildman–Crippen LogP) is 4.93. The molecule has 6 nitrogen and oxygen atoms in total. The third-order valence-electron chi connectivity index (χ3n) is 5.61. The number of methoxy groups -OCH3 is 1. The Kier molecular flexibility index (Phi) is 6.77. The summed E-state index contributed by atoms with van der Waals surface area (Å²) in [6.07, 6.45) is -0.132. The minimum Gasteiger partial charge on any atom is -0.497 e. The molecule has 34 heavy (non-hydrogen) atoms. The maximum Gasteiger partial charge on any atom is 0.264 e. The third kappa shape index (κ3) is 5.01. The summed E-state index contributed by atoms with van der Waals surface area (Å²) in [6, 6.07) is 15.2. The van der Waals surface area contributed by atoms with Crippen molar-refractivity contribution in [3.63, 3.8) is 0 Å². The number of ether oxygens (including phenoxy) is 2. The van der Waals surface area contributed by atoms with Crippen LogP contribution in [0.5, 0.6) is 11.5 Å². The van der Waals surface area contributed by atoms with Gasteiger partial charge in [-0.25, -0.2) is 8.78 Å². The van der Waals surface area contributed by atoms with Crippen molar-refractivity contribution in [2.75, 3.05) is 12.4 Å². The van der Waals surface area contributed by atoms with Crippen LogP contribution >= 0.6 is 0 Å². The van der Waals surface area contributed by atoms with Gasteiger partial charge in [-0.15, -0.1) is 0 Å². The smallest absolute Gasteiger partial charge is 0.264 e. The summed E-state index contributed by atoms with van der Waals surface area (Å²) in [6.45, 7) is 2.52. The molecule has 0 saturated heterocycles. The van der Waals surface area contributed by atoms with E-state index in [0.29, 0.717) is 36.0 Å². The second kappa shape index (κ2) is 9.91. The molecule has 0 aliphatic carbocycles. The lowest BCUT2D eigenvalue weighted by Gasteiger charge is -2.23. The van der Waals surface area contributed by atoms with Gasteiger partial charge >= 0.3 is 0 Å². The zero-order chi connectivity index (χ0) is 24.2. The first-order valence-corrected chi connectivity index (χ1v) is 10.9. The van der Waals surface area contributed by atoms with Crippen LogP contribution in [0.1, 0.15) is 34.8 Å². The molecule has 4 rings (SSSR count). The number of carbonyl (C=O) groups excluding carboxylic acids is 2. The van der Waals surface area contributed by atoms with Gasteiger partial charge in [-0.3, -0.25) is 9.59 Å². The lowest BCUT2D eigenvalue weighted by Crippen LogP contribution is -2.38. The van der Waals surface area contributed by atoms with Crippen LogP contribution in [0.3, 0.4) is 0 Å². The maximum absolute atomic E-state index is 14.0. The van der Waals surface area contributed by atoms with E-state index in [1.807, 2.05) is 31.2 Å². The monoisotopic (exact) mass is 466 g/mol. The summed E-state index contributed by atoms with van der Waals surface area (Å²) in [7, 11) is 1.59. The van der Waals surface area contributed by atoms with Crippen LogP contribution in [0, 0.1) is 11.6 Å². The van der Waals surface area contributed by atoms with Gasteiger partial charge < -0.3 is 19.7 Å². The number of nitrogens with zero attached hydrogens (tertiary/aromatic N) is 1. The number of hydrogen-bond acceptors (Lipinski definition) is 4. The summed E-state index contributed by atoms with van der Waals surface area (Å²) >= 11 is 0. The molecular formula is C26H24F2N2O4. The van der Waals surface area contributed by atoms with Crippen LogP contribution in [-0.2, 0) is 17.9 Å². The van der Waals surface area contributed by atoms with Crippen molar-refractivity contribution in [3.8, 4) is 11.5 Å². The number of nitrogens with one attached hydrogen (secondary N) is 1. The molecule has 3 aromatic carbocycles. The van der Waals surface area contributed by atoms with Gasteiger partial charge in [-0.2, -0.15) is 0 Å². The van der Waals surface area contributed by atoms with Crippen LogP contribution in [-0.4, -0.2) is 29.9 Å². The number of anilines is 1. The quantitative estimate of drug-likeness (QED) is 0.560. The first kappa shape index (κ1) is 23.2. The van der Waals surface area contributed by atoms with E-state index < -0.39 is 23.6 Å². The molecule has 2 amide bonds. The molecular weight excluding hydrogens is 442 g/mol. The Labute approximate surface area is 196 Å². The van der Waals surface area contributed by atoms with Crippen molar-refractivity contribution in [2.24, 2.45) is 0 Å². The molecule has 0 fully saturated rings. The fraction of sp³-hybridized carbons (Fsp3) is 0.231. The van der Waals surface area contributed by atoms with E-state index in [4.69, 9.17) is 9.47 Å². The Balaban J connectivity index is 1.58. The molecule has 1 aliphatic rings. The van der Waals surface area contributed by atoms with Gasteiger partial charge in [-0.1, -0.05) is 19.1 Å². The molecule has 1 heterocycles. The van der Waals surface area contributed by atoms with Gasteiger partial charge in [0.25, 0.3) is 11.8 Å². The third-order valence-corrected chi connectivity index (χ3v) is 5.61. The van der Waals surface area contributed by atoms with Crippen LogP contribution in [0.2, 0.25) is 0 Å². The fourth-order valence-corrected chi connectivity index (χ4v) is 3.80. The second-order valence-electron chi connectivity index (χ2n) is 7.96. The molecule has 0 spiro atoms. The largest absolute Gasteiger partial charge is 0.497 e. The van der Waals surface area contributed by atoms with Gasteiger partial charge in [0.15, 0.2) is 6.10 Å². The lowest BCUT2D eigenvalue weighted by molar-refractivity contribution is -0.139. The maximum atomic E-state index is 14.0. The van der Waals surface area contributed by atoms with Crippen LogP contribution in [0.15, 0.2) is 60.7 Å². The van der Waals surface area contributed by atoms with E-state index in [9.17, 15) is 18.4 Å². The molecule has 1 aliphatic heterocycles. The summed E-state index contributed by atoms with van der Waals surface area (Å²) in [4.78, 5) is 27.3. The van der Waals surface area contributed by atoms with Crippen LogP contribution in [0.4, 0.5) is 14.5 Å². The summed E-state index contributed by atoms with van der Waals surface area (Å²) < 4.78 is 38.3. The van der Waals surface area contributed by atoms with Crippen molar-refractivity contribution in [3.05, 3.63) is 89.0 Å². The Bertz CT molecular complexity index is 1210. The molecule has 3 aromatic rings. The Morgan fingerprint density at radius 2 is 1.88 bits per heavy atom. The van der Waals surface area contributed by atoms with Crippen molar-refractivity contribution < 1.29 is 27.8 Å². The second-order valence-corrected chi connectivity index (χ2v) is 7.96. The van der Waals surface area contributed by atoms with Gasteiger partial charge in [0.05, 0.1) is 12.7 Å². The SMILES string of the molecule is CCC1Oc2ccc(NC(=O)c3ccc(F)cc3F)cc2CN(Cc2ccc(OC)cc2)C1=O. The summed E-state index contributed by atoms with van der Waals surface area (Å²) in [5.74, 6) is -1.27. The number of hydrogen-bond donors (Lipinski definition) is 1. The summed E-state index contributed by atoms with van der Waals surface area (Å²) in [5.41, 5.74) is 1.77. The molecule has 0 saturated carbocycles. The summed E-state index contributed by atoms with van der Waals surface area (Å²) in [5, 5.41) is 2.63. The zero-order valence-corrected chi connectivity index (χ0v) is 18.8. The highest BCUT2D eigenvalue weighted by atomic mass is 19.1. The van der Waals surface area contributed by atoms with E-state index in [-0.39, 0.29) is 18.0 Å². The molecule has 1 atom stereocenters. The normalized spacial score (nSPS) is 15.2. The van der Waals surface area contributed by atoms with Gasteiger partial charge in [-0.05, 0) is 54.4 Å². The standard InChI is InChI=1S/C26H24F2N2O4/c1-3-23-26(32)30(14-16-4-8-20(33-2)9-5-16)15-17-12-19(7-11-24(17)34-23)29-25(31)21-10-6-18(27)13-22(21)28/h4-13,23H,3,14-15H2,1-2H3,(H,29,31). The first-order chi connectivity index (χ1) is 16.4. The van der Waals surface area contributed by atoms with Crippen molar-refractivity contribution in [1.29, 1.82) is 0 Å². The average molecular weight is 466 g/mol. The number of rotatable bonds is 6. The Morgan fingerprint density at radius 1 is 1.12 bits per heavy atom. The minimum absolute atomic E-state index is 0.131. The van der Waals surface area contributed by atoms with Gasteiger partial charge in [0, 0.05) is 30.4 Å². The van der Waals surface area contributed by atoms with E-state index in [1.165, 1.54) is 0 Å². The van der Waals surface area contributed by atoms with E-state index in [2.05, 4.69) is 5.32 Å². The predicted molar refractivity (Wildman–Crippen MR) is 123 cm³/mol. The highest BCUT2D eigenvalue weighted by Crippen LogP contribution is 2.30. The highest BCUT2D eigenvalue weighted by molar-refractivity contribution is 6.04. The van der Waals surface area contributed by atoms with Crippen molar-refractivity contribution >= 4 is 17.5 Å². The molecule has 1 N–H and O–H groups in total. The number of carbonyl (C=O) groups is 2. The lowest BCUT2D eigenvalue weighted by atomic mass is 10.1. The Hall–Kier alpha value is -3.94. The fourth-order valence-electron chi connectivity index (χ4n) is 3.80. The number of amides is 2. The molecule has 176 valence electrons. The van der Waals surface area contributed by atoms with E-state index in [0.717, 1.165) is 23.4 Å².